The average molecular weight is 477 g/mol. The molecule has 12 nitrogen and oxygen atoms in total. The molecule has 3 aromatic rings. The lowest BCUT2D eigenvalue weighted by atomic mass is 10.2. The minimum absolute atomic E-state index is 0.376. The van der Waals surface area contributed by atoms with Crippen molar-refractivity contribution in [3.63, 3.8) is 0 Å². The van der Waals surface area contributed by atoms with Crippen LogP contribution in [-0.4, -0.2) is 83.4 Å². The summed E-state index contributed by atoms with van der Waals surface area (Å²) >= 11 is 0. The molecule has 0 spiro atoms. The van der Waals surface area contributed by atoms with E-state index in [2.05, 4.69) is 35.7 Å². The van der Waals surface area contributed by atoms with Gasteiger partial charge in [0.15, 0.2) is 5.82 Å². The van der Waals surface area contributed by atoms with E-state index in [0.29, 0.717) is 42.3 Å². The summed E-state index contributed by atoms with van der Waals surface area (Å²) in [4.78, 5) is 38.8. The number of nitrogens with zero attached hydrogens (tertiary/aromatic N) is 7. The first-order valence-corrected chi connectivity index (χ1v) is 11.7. The van der Waals surface area contributed by atoms with E-state index in [-0.39, 0.29) is 6.03 Å². The van der Waals surface area contributed by atoms with Gasteiger partial charge in [0, 0.05) is 44.0 Å². The smallest absolute Gasteiger partial charge is 0.323 e. The molecule has 0 bridgehead atoms. The van der Waals surface area contributed by atoms with Crippen LogP contribution in [0.2, 0.25) is 0 Å². The Labute approximate surface area is 203 Å². The number of rotatable bonds is 5. The molecule has 0 saturated carbocycles. The highest BCUT2D eigenvalue weighted by atomic mass is 16.5. The molecule has 2 aliphatic rings. The van der Waals surface area contributed by atoms with Crippen LogP contribution in [0.1, 0.15) is 6.42 Å². The molecule has 35 heavy (non-hydrogen) atoms. The Bertz CT molecular complexity index is 1110. The fraction of sp³-hybridized carbons (Fsp3) is 0.391. The maximum Gasteiger partial charge on any atom is 0.323 e. The number of ether oxygens (including phenoxy) is 1. The fourth-order valence-electron chi connectivity index (χ4n) is 3.93. The summed E-state index contributed by atoms with van der Waals surface area (Å²) in [5, 5.41) is 8.92. The molecule has 2 saturated heterocycles. The van der Waals surface area contributed by atoms with Crippen molar-refractivity contribution in [1.29, 1.82) is 0 Å². The van der Waals surface area contributed by atoms with E-state index >= 15 is 0 Å². The molecule has 2 amide bonds. The van der Waals surface area contributed by atoms with Crippen molar-refractivity contribution in [2.75, 3.05) is 72.9 Å². The first-order chi connectivity index (χ1) is 17.2. The first kappa shape index (κ1) is 22.9. The summed E-state index contributed by atoms with van der Waals surface area (Å²) < 4.78 is 5.50. The minimum Gasteiger partial charge on any atom is -0.378 e. The number of carbonyl (C=O) groups is 1. The lowest BCUT2D eigenvalue weighted by Crippen LogP contribution is -2.38. The molecule has 2 fully saturated rings. The van der Waals surface area contributed by atoms with E-state index in [4.69, 9.17) is 19.7 Å². The van der Waals surface area contributed by atoms with Crippen molar-refractivity contribution in [1.82, 2.24) is 30.2 Å². The number of hydrogen-bond donors (Lipinski definition) is 3. The zero-order valence-corrected chi connectivity index (χ0v) is 19.4. The number of benzene rings is 1. The van der Waals surface area contributed by atoms with Crippen molar-refractivity contribution in [2.24, 2.45) is 0 Å². The largest absolute Gasteiger partial charge is 0.378 e. The van der Waals surface area contributed by atoms with E-state index < -0.39 is 0 Å². The molecule has 2 aromatic heterocycles. The Kier molecular flexibility index (Phi) is 7.20. The van der Waals surface area contributed by atoms with Gasteiger partial charge in [0.1, 0.15) is 6.33 Å². The van der Waals surface area contributed by atoms with E-state index in [0.717, 1.165) is 51.3 Å². The highest BCUT2D eigenvalue weighted by molar-refractivity contribution is 5.99. The molecule has 4 heterocycles. The molecule has 0 aliphatic carbocycles. The van der Waals surface area contributed by atoms with Gasteiger partial charge in [0.2, 0.25) is 11.9 Å². The lowest BCUT2D eigenvalue weighted by Gasteiger charge is -2.28. The molecule has 1 aromatic carbocycles. The summed E-state index contributed by atoms with van der Waals surface area (Å²) in [6, 6.07) is 7.06. The Morgan fingerprint density at radius 2 is 1.51 bits per heavy atom. The Balaban J connectivity index is 1.36. The minimum atomic E-state index is -0.376. The quantitative estimate of drug-likeness (QED) is 0.499. The monoisotopic (exact) mass is 476 g/mol. The number of aromatic nitrogens is 5. The predicted octanol–water partition coefficient (Wildman–Crippen LogP) is 1.61. The van der Waals surface area contributed by atoms with Crippen LogP contribution in [0.3, 0.4) is 0 Å². The standard InChI is InChI=1S/C23H28N10O2/c34-23(28-19-14-25-16-26-15-19)27-18-4-2-17(3-5-18)20-29-21(32-8-1-6-24-7-9-32)31-22(30-20)33-10-12-35-13-11-33/h2-5,14-16,24H,1,6-13H2,(H2,27,28,34). The van der Waals surface area contributed by atoms with E-state index in [1.165, 1.54) is 18.7 Å². The summed E-state index contributed by atoms with van der Waals surface area (Å²) in [5.41, 5.74) is 2.00. The maximum atomic E-state index is 12.3. The third-order valence-corrected chi connectivity index (χ3v) is 5.75. The average Bonchev–Trinajstić information content (AvgIpc) is 3.20. The Morgan fingerprint density at radius 1 is 0.829 bits per heavy atom. The van der Waals surface area contributed by atoms with Gasteiger partial charge in [-0.15, -0.1) is 0 Å². The van der Waals surface area contributed by atoms with Crippen LogP contribution >= 0.6 is 0 Å². The van der Waals surface area contributed by atoms with Crippen molar-refractivity contribution < 1.29 is 9.53 Å². The number of anilines is 4. The number of carbonyl (C=O) groups excluding carboxylic acids is 1. The topological polar surface area (TPSA) is 133 Å². The van der Waals surface area contributed by atoms with E-state index in [1.54, 1.807) is 0 Å². The predicted molar refractivity (Wildman–Crippen MR) is 133 cm³/mol. The highest BCUT2D eigenvalue weighted by Gasteiger charge is 2.20. The second kappa shape index (κ2) is 11.0. The summed E-state index contributed by atoms with van der Waals surface area (Å²) in [7, 11) is 0. The SMILES string of the molecule is O=C(Nc1ccc(-c2nc(N3CCCNCC3)nc(N3CCOCC3)n2)cc1)Nc1cncnc1. The van der Waals surface area contributed by atoms with Gasteiger partial charge in [0.05, 0.1) is 31.3 Å². The van der Waals surface area contributed by atoms with Crippen LogP contribution in [0.4, 0.5) is 28.1 Å². The summed E-state index contributed by atoms with van der Waals surface area (Å²) in [6.45, 7) is 6.42. The van der Waals surface area contributed by atoms with Gasteiger partial charge < -0.3 is 30.5 Å². The number of nitrogens with one attached hydrogen (secondary N) is 3. The number of urea groups is 1. The maximum absolute atomic E-state index is 12.3. The molecule has 0 radical (unpaired) electrons. The zero-order valence-electron chi connectivity index (χ0n) is 19.4. The van der Waals surface area contributed by atoms with Crippen LogP contribution in [-0.2, 0) is 4.74 Å². The van der Waals surface area contributed by atoms with E-state index in [1.807, 2.05) is 24.3 Å². The van der Waals surface area contributed by atoms with Gasteiger partial charge in [0.25, 0.3) is 0 Å². The molecule has 2 aliphatic heterocycles. The molecule has 0 atom stereocenters. The van der Waals surface area contributed by atoms with Gasteiger partial charge in [-0.25, -0.2) is 14.8 Å². The van der Waals surface area contributed by atoms with Crippen molar-refractivity contribution >= 4 is 29.3 Å². The van der Waals surface area contributed by atoms with Gasteiger partial charge in [-0.2, -0.15) is 15.0 Å². The molecule has 5 rings (SSSR count). The van der Waals surface area contributed by atoms with Crippen LogP contribution < -0.4 is 25.8 Å². The first-order valence-electron chi connectivity index (χ1n) is 11.7. The molecule has 12 heteroatoms. The zero-order chi connectivity index (χ0) is 23.9. The van der Waals surface area contributed by atoms with Crippen LogP contribution in [0, 0.1) is 0 Å². The number of amides is 2. The van der Waals surface area contributed by atoms with Gasteiger partial charge in [-0.3, -0.25) is 0 Å². The third-order valence-electron chi connectivity index (χ3n) is 5.75. The summed E-state index contributed by atoms with van der Waals surface area (Å²) in [5.74, 6) is 1.95. The molecule has 0 unspecified atom stereocenters. The molecule has 3 N–H and O–H groups in total. The third kappa shape index (κ3) is 5.97. The molecule has 182 valence electrons. The lowest BCUT2D eigenvalue weighted by molar-refractivity contribution is 0.122. The van der Waals surface area contributed by atoms with Crippen molar-refractivity contribution in [3.05, 3.63) is 43.0 Å². The second-order valence-corrected chi connectivity index (χ2v) is 8.23. The Hall–Kier alpha value is -3.90. The molecular formula is C23H28N10O2. The summed E-state index contributed by atoms with van der Waals surface area (Å²) in [6.07, 6.45) is 5.49. The number of morpholine rings is 1. The molecular weight excluding hydrogens is 448 g/mol. The van der Waals surface area contributed by atoms with Gasteiger partial charge in [-0.05, 0) is 37.2 Å². The van der Waals surface area contributed by atoms with E-state index in [9.17, 15) is 4.79 Å². The fourth-order valence-corrected chi connectivity index (χ4v) is 3.93. The van der Waals surface area contributed by atoms with Crippen LogP contribution in [0.5, 0.6) is 0 Å². The Morgan fingerprint density at radius 3 is 2.26 bits per heavy atom. The van der Waals surface area contributed by atoms with Crippen molar-refractivity contribution in [2.45, 2.75) is 6.42 Å². The number of hydrogen-bond acceptors (Lipinski definition) is 10. The van der Waals surface area contributed by atoms with Gasteiger partial charge >= 0.3 is 6.03 Å². The van der Waals surface area contributed by atoms with Crippen LogP contribution in [0.15, 0.2) is 43.0 Å². The van der Waals surface area contributed by atoms with Crippen LogP contribution in [0.25, 0.3) is 11.4 Å². The normalized spacial score (nSPS) is 16.5. The van der Waals surface area contributed by atoms with Gasteiger partial charge in [-0.1, -0.05) is 0 Å². The highest BCUT2D eigenvalue weighted by Crippen LogP contribution is 2.24. The van der Waals surface area contributed by atoms with Crippen molar-refractivity contribution in [3.8, 4) is 11.4 Å². The second-order valence-electron chi connectivity index (χ2n) is 8.23.